The third kappa shape index (κ3) is 2.99. The second-order valence-electron chi connectivity index (χ2n) is 6.05. The molecule has 4 rings (SSSR count). The number of hydrogen-bond acceptors (Lipinski definition) is 5. The Bertz CT molecular complexity index is 1100. The molecule has 0 aliphatic rings. The Morgan fingerprint density at radius 2 is 1.88 bits per heavy atom. The number of para-hydroxylation sites is 1. The van der Waals surface area contributed by atoms with Crippen molar-refractivity contribution in [2.45, 2.75) is 31.5 Å². The molecule has 0 radical (unpaired) electrons. The summed E-state index contributed by atoms with van der Waals surface area (Å²) < 4.78 is 3.73. The molecular weight excluding hydrogens is 346 g/mol. The van der Waals surface area contributed by atoms with Crippen molar-refractivity contribution in [3.05, 3.63) is 64.7 Å². The van der Waals surface area contributed by atoms with Gasteiger partial charge in [0.15, 0.2) is 5.16 Å². The van der Waals surface area contributed by atoms with Crippen LogP contribution in [0.5, 0.6) is 0 Å². The van der Waals surface area contributed by atoms with Gasteiger partial charge in [0.2, 0.25) is 5.78 Å². The highest BCUT2D eigenvalue weighted by Crippen LogP contribution is 2.22. The normalized spacial score (nSPS) is 11.4. The van der Waals surface area contributed by atoms with Crippen molar-refractivity contribution in [1.82, 2.24) is 24.1 Å². The zero-order chi connectivity index (χ0) is 17.9. The SMILES string of the molecule is CCCn1c(=O)c2ccccc2n2c(SCCc3ccncc3)nnc12. The molecule has 6 nitrogen and oxygen atoms in total. The summed E-state index contributed by atoms with van der Waals surface area (Å²) in [5.74, 6) is 1.49. The summed E-state index contributed by atoms with van der Waals surface area (Å²) in [6, 6.07) is 11.7. The first-order chi connectivity index (χ1) is 12.8. The third-order valence-corrected chi connectivity index (χ3v) is 5.23. The maximum atomic E-state index is 12.8. The summed E-state index contributed by atoms with van der Waals surface area (Å²) in [5.41, 5.74) is 2.10. The standard InChI is InChI=1S/C19H19N5OS/c1-2-12-23-17(25)15-5-3-4-6-16(15)24-18(23)21-22-19(24)26-13-9-14-7-10-20-11-8-14/h3-8,10-11H,2,9,12-13H2,1H3. The third-order valence-electron chi connectivity index (χ3n) is 4.30. The van der Waals surface area contributed by atoms with E-state index in [-0.39, 0.29) is 5.56 Å². The van der Waals surface area contributed by atoms with Gasteiger partial charge in [0.25, 0.3) is 5.56 Å². The number of benzene rings is 1. The minimum atomic E-state index is -0.00399. The van der Waals surface area contributed by atoms with Crippen molar-refractivity contribution < 1.29 is 0 Å². The van der Waals surface area contributed by atoms with Crippen molar-refractivity contribution in [3.8, 4) is 0 Å². The lowest BCUT2D eigenvalue weighted by Gasteiger charge is -2.10. The molecule has 3 heterocycles. The number of nitrogens with zero attached hydrogens (tertiary/aromatic N) is 5. The van der Waals surface area contributed by atoms with Crippen molar-refractivity contribution in [1.29, 1.82) is 0 Å². The molecule has 0 aliphatic heterocycles. The molecule has 7 heteroatoms. The molecule has 0 amide bonds. The second kappa shape index (κ2) is 7.29. The summed E-state index contributed by atoms with van der Waals surface area (Å²) in [6.45, 7) is 2.69. The lowest BCUT2D eigenvalue weighted by atomic mass is 10.2. The van der Waals surface area contributed by atoms with Gasteiger partial charge < -0.3 is 0 Å². The van der Waals surface area contributed by atoms with Crippen LogP contribution < -0.4 is 5.56 Å². The van der Waals surface area contributed by atoms with Gasteiger partial charge in [-0.2, -0.15) is 0 Å². The van der Waals surface area contributed by atoms with E-state index in [9.17, 15) is 4.79 Å². The van der Waals surface area contributed by atoms with Crippen LogP contribution in [-0.4, -0.2) is 29.9 Å². The Kier molecular flexibility index (Phi) is 4.71. The van der Waals surface area contributed by atoms with Gasteiger partial charge in [0, 0.05) is 24.7 Å². The van der Waals surface area contributed by atoms with Crippen LogP contribution in [0.3, 0.4) is 0 Å². The van der Waals surface area contributed by atoms with E-state index in [0.717, 1.165) is 29.3 Å². The average Bonchev–Trinajstić information content (AvgIpc) is 3.10. The molecule has 0 aliphatic carbocycles. The maximum absolute atomic E-state index is 12.8. The van der Waals surface area contributed by atoms with Crippen molar-refractivity contribution in [2.24, 2.45) is 0 Å². The minimum absolute atomic E-state index is 0.00399. The van der Waals surface area contributed by atoms with Crippen LogP contribution in [0.4, 0.5) is 0 Å². The maximum Gasteiger partial charge on any atom is 0.262 e. The fourth-order valence-corrected chi connectivity index (χ4v) is 3.99. The van der Waals surface area contributed by atoms with E-state index in [1.54, 1.807) is 16.3 Å². The first kappa shape index (κ1) is 16.8. The fourth-order valence-electron chi connectivity index (χ4n) is 3.06. The van der Waals surface area contributed by atoms with Gasteiger partial charge in [-0.15, -0.1) is 10.2 Å². The summed E-state index contributed by atoms with van der Waals surface area (Å²) in [5, 5.41) is 10.2. The van der Waals surface area contributed by atoms with Gasteiger partial charge in [-0.25, -0.2) is 0 Å². The lowest BCUT2D eigenvalue weighted by molar-refractivity contribution is 0.662. The molecule has 0 saturated carbocycles. The van der Waals surface area contributed by atoms with Gasteiger partial charge in [-0.05, 0) is 42.7 Å². The Labute approximate surface area is 154 Å². The number of aromatic nitrogens is 5. The van der Waals surface area contributed by atoms with Crippen LogP contribution in [-0.2, 0) is 13.0 Å². The number of hydrogen-bond donors (Lipinski definition) is 0. The highest BCUT2D eigenvalue weighted by molar-refractivity contribution is 7.99. The summed E-state index contributed by atoms with van der Waals surface area (Å²) in [7, 11) is 0. The van der Waals surface area contributed by atoms with E-state index in [0.29, 0.717) is 17.7 Å². The minimum Gasteiger partial charge on any atom is -0.276 e. The van der Waals surface area contributed by atoms with E-state index in [1.807, 2.05) is 53.2 Å². The Balaban J connectivity index is 1.75. The van der Waals surface area contributed by atoms with Crippen molar-refractivity contribution >= 4 is 28.4 Å². The number of fused-ring (bicyclic) bond motifs is 3. The molecule has 132 valence electrons. The monoisotopic (exact) mass is 365 g/mol. The van der Waals surface area contributed by atoms with E-state index in [4.69, 9.17) is 0 Å². The Morgan fingerprint density at radius 3 is 2.69 bits per heavy atom. The molecule has 0 fully saturated rings. The molecule has 3 aromatic heterocycles. The smallest absolute Gasteiger partial charge is 0.262 e. The largest absolute Gasteiger partial charge is 0.276 e. The molecule has 0 saturated heterocycles. The molecule has 0 N–H and O–H groups in total. The highest BCUT2D eigenvalue weighted by atomic mass is 32.2. The van der Waals surface area contributed by atoms with Gasteiger partial charge >= 0.3 is 0 Å². The molecule has 0 unspecified atom stereocenters. The van der Waals surface area contributed by atoms with Gasteiger partial charge in [-0.3, -0.25) is 18.7 Å². The molecular formula is C19H19N5OS. The van der Waals surface area contributed by atoms with Crippen LogP contribution in [0.1, 0.15) is 18.9 Å². The predicted molar refractivity (Wildman–Crippen MR) is 104 cm³/mol. The van der Waals surface area contributed by atoms with Gasteiger partial charge in [-0.1, -0.05) is 30.8 Å². The summed E-state index contributed by atoms with van der Waals surface area (Å²) in [6.07, 6.45) is 5.41. The van der Waals surface area contributed by atoms with Crippen LogP contribution in [0.15, 0.2) is 58.7 Å². The predicted octanol–water partition coefficient (Wildman–Crippen LogP) is 3.18. The zero-order valence-corrected chi connectivity index (χ0v) is 15.3. The molecule has 0 spiro atoms. The second-order valence-corrected chi connectivity index (χ2v) is 7.11. The molecule has 0 bridgehead atoms. The van der Waals surface area contributed by atoms with Crippen molar-refractivity contribution in [3.63, 3.8) is 0 Å². The zero-order valence-electron chi connectivity index (χ0n) is 14.5. The first-order valence-corrected chi connectivity index (χ1v) is 9.66. The van der Waals surface area contributed by atoms with E-state index in [2.05, 4.69) is 22.1 Å². The van der Waals surface area contributed by atoms with Crippen LogP contribution >= 0.6 is 11.8 Å². The molecule has 1 aromatic carbocycles. The average molecular weight is 365 g/mol. The van der Waals surface area contributed by atoms with Crippen molar-refractivity contribution in [2.75, 3.05) is 5.75 Å². The Morgan fingerprint density at radius 1 is 1.08 bits per heavy atom. The van der Waals surface area contributed by atoms with Crippen LogP contribution in [0.2, 0.25) is 0 Å². The number of aryl methyl sites for hydroxylation is 2. The first-order valence-electron chi connectivity index (χ1n) is 8.68. The fraction of sp³-hybridized carbons (Fsp3) is 0.263. The molecule has 0 atom stereocenters. The van der Waals surface area contributed by atoms with Crippen LogP contribution in [0.25, 0.3) is 16.7 Å². The summed E-state index contributed by atoms with van der Waals surface area (Å²) in [4.78, 5) is 16.9. The van der Waals surface area contributed by atoms with Crippen LogP contribution in [0, 0.1) is 0 Å². The molecule has 26 heavy (non-hydrogen) atoms. The quantitative estimate of drug-likeness (QED) is 0.491. The topological polar surface area (TPSA) is 65.1 Å². The highest BCUT2D eigenvalue weighted by Gasteiger charge is 2.16. The number of thioether (sulfide) groups is 1. The summed E-state index contributed by atoms with van der Waals surface area (Å²) >= 11 is 1.65. The lowest BCUT2D eigenvalue weighted by Crippen LogP contribution is -2.23. The molecule has 4 aromatic rings. The Hall–Kier alpha value is -2.67. The van der Waals surface area contributed by atoms with Gasteiger partial charge in [0.1, 0.15) is 0 Å². The number of rotatable bonds is 6. The van der Waals surface area contributed by atoms with E-state index in [1.165, 1.54) is 5.56 Å². The number of pyridine rings is 1. The van der Waals surface area contributed by atoms with E-state index >= 15 is 0 Å². The van der Waals surface area contributed by atoms with Gasteiger partial charge in [0.05, 0.1) is 10.9 Å². The van der Waals surface area contributed by atoms with E-state index < -0.39 is 0 Å².